The van der Waals surface area contributed by atoms with Crippen LogP contribution in [-0.4, -0.2) is 13.0 Å². The quantitative estimate of drug-likeness (QED) is 0.755. The minimum Gasteiger partial charge on any atom is -0.295 e. The van der Waals surface area contributed by atoms with Crippen LogP contribution in [0.15, 0.2) is 30.3 Å². The van der Waals surface area contributed by atoms with Crippen LogP contribution in [0.5, 0.6) is 0 Å². The molecule has 1 aromatic carbocycles. The van der Waals surface area contributed by atoms with Gasteiger partial charge in [0.25, 0.3) is 0 Å². The number of thiazole rings is 1. The molecule has 0 aliphatic carbocycles. The third kappa shape index (κ3) is 1.86. The van der Waals surface area contributed by atoms with Gasteiger partial charge in [-0.25, -0.2) is 8.42 Å². The molecule has 88 valence electrons. The van der Waals surface area contributed by atoms with Crippen LogP contribution < -0.4 is 0 Å². The fourth-order valence-corrected chi connectivity index (χ4v) is 5.57. The average Bonchev–Trinajstić information content (AvgIpc) is 2.69. The van der Waals surface area contributed by atoms with Crippen molar-refractivity contribution in [1.29, 1.82) is 0 Å². The van der Waals surface area contributed by atoms with Gasteiger partial charge in [-0.1, -0.05) is 18.2 Å². The molecule has 0 fully saturated rings. The first-order valence-corrected chi connectivity index (χ1v) is 8.11. The number of hydrogen-bond acceptors (Lipinski definition) is 4. The van der Waals surface area contributed by atoms with Gasteiger partial charge >= 0.3 is 0 Å². The summed E-state index contributed by atoms with van der Waals surface area (Å²) >= 11 is 6.70. The summed E-state index contributed by atoms with van der Waals surface area (Å²) in [7, 11) is -2.97. The van der Waals surface area contributed by atoms with E-state index >= 15 is 0 Å². The van der Waals surface area contributed by atoms with E-state index in [2.05, 4.69) is 0 Å². The summed E-state index contributed by atoms with van der Waals surface area (Å²) < 4.78 is 25.8. The Balaban J connectivity index is 2.25. The van der Waals surface area contributed by atoms with Crippen LogP contribution in [0.1, 0.15) is 10.6 Å². The summed E-state index contributed by atoms with van der Waals surface area (Å²) in [6.07, 6.45) is 0. The SMILES string of the molecule is O=S1(=O)Cc2sc(=S)n(-c3ccccc3)c2C1. The molecule has 3 rings (SSSR count). The van der Waals surface area contributed by atoms with Crippen LogP contribution in [0, 0.1) is 3.95 Å². The van der Waals surface area contributed by atoms with Gasteiger partial charge in [-0.05, 0) is 24.4 Å². The molecule has 0 unspecified atom stereocenters. The van der Waals surface area contributed by atoms with E-state index in [1.165, 1.54) is 11.3 Å². The number of benzene rings is 1. The van der Waals surface area contributed by atoms with Gasteiger partial charge in [0.1, 0.15) is 0 Å². The second-order valence-electron chi connectivity index (χ2n) is 3.94. The van der Waals surface area contributed by atoms with Gasteiger partial charge < -0.3 is 0 Å². The number of para-hydroxylation sites is 1. The van der Waals surface area contributed by atoms with Gasteiger partial charge in [0.15, 0.2) is 13.8 Å². The van der Waals surface area contributed by atoms with Gasteiger partial charge in [0.05, 0.1) is 17.2 Å². The molecule has 0 saturated carbocycles. The van der Waals surface area contributed by atoms with E-state index in [0.29, 0.717) is 0 Å². The highest BCUT2D eigenvalue weighted by molar-refractivity contribution is 7.90. The van der Waals surface area contributed by atoms with Gasteiger partial charge in [-0.3, -0.25) is 4.57 Å². The van der Waals surface area contributed by atoms with Crippen molar-refractivity contribution in [2.24, 2.45) is 0 Å². The Bertz CT molecular complexity index is 726. The van der Waals surface area contributed by atoms with E-state index in [1.807, 2.05) is 34.9 Å². The molecule has 3 nitrogen and oxygen atoms in total. The monoisotopic (exact) mass is 283 g/mol. The maximum atomic E-state index is 11.6. The van der Waals surface area contributed by atoms with Gasteiger partial charge in [0, 0.05) is 10.6 Å². The fourth-order valence-electron chi connectivity index (χ4n) is 2.00. The van der Waals surface area contributed by atoms with E-state index < -0.39 is 9.84 Å². The Morgan fingerprint density at radius 1 is 1.18 bits per heavy atom. The standard InChI is InChI=1S/C11H9NO2S3/c13-17(14)6-9-10(7-17)16-11(15)12(9)8-4-2-1-3-5-8/h1-5H,6-7H2. The van der Waals surface area contributed by atoms with Crippen LogP contribution in [0.25, 0.3) is 5.69 Å². The molecular weight excluding hydrogens is 274 g/mol. The van der Waals surface area contributed by atoms with Crippen LogP contribution in [0.2, 0.25) is 0 Å². The summed E-state index contributed by atoms with van der Waals surface area (Å²) in [6.45, 7) is 0. The second kappa shape index (κ2) is 3.76. The van der Waals surface area contributed by atoms with Crippen molar-refractivity contribution in [1.82, 2.24) is 4.57 Å². The zero-order valence-electron chi connectivity index (χ0n) is 8.79. The second-order valence-corrected chi connectivity index (χ2v) is 7.73. The summed E-state index contributed by atoms with van der Waals surface area (Å²) in [4.78, 5) is 0.888. The van der Waals surface area contributed by atoms with E-state index in [9.17, 15) is 8.42 Å². The number of fused-ring (bicyclic) bond motifs is 1. The smallest absolute Gasteiger partial charge is 0.166 e. The summed E-state index contributed by atoms with van der Waals surface area (Å²) in [5, 5.41) is 0. The molecule has 17 heavy (non-hydrogen) atoms. The Morgan fingerprint density at radius 3 is 2.59 bits per heavy atom. The van der Waals surface area contributed by atoms with Crippen LogP contribution >= 0.6 is 23.6 Å². The molecule has 1 aliphatic rings. The van der Waals surface area contributed by atoms with Crippen LogP contribution in [0.4, 0.5) is 0 Å². The highest BCUT2D eigenvalue weighted by Gasteiger charge is 2.30. The van der Waals surface area contributed by atoms with Gasteiger partial charge in [-0.2, -0.15) is 0 Å². The first kappa shape index (κ1) is 11.1. The Labute approximate surface area is 108 Å². The van der Waals surface area contributed by atoms with E-state index in [0.717, 1.165) is 20.2 Å². The maximum absolute atomic E-state index is 11.6. The predicted octanol–water partition coefficient (Wildman–Crippen LogP) is 2.70. The summed E-state index contributed by atoms with van der Waals surface area (Å²) in [5.74, 6) is 0.237. The summed E-state index contributed by atoms with van der Waals surface area (Å²) in [6, 6.07) is 9.65. The number of aromatic nitrogens is 1. The van der Waals surface area contributed by atoms with Gasteiger partial charge in [-0.15, -0.1) is 11.3 Å². The Morgan fingerprint density at radius 2 is 1.88 bits per heavy atom. The first-order chi connectivity index (χ1) is 8.07. The average molecular weight is 283 g/mol. The third-order valence-corrected chi connectivity index (χ3v) is 5.75. The predicted molar refractivity (Wildman–Crippen MR) is 70.8 cm³/mol. The minimum atomic E-state index is -2.97. The molecule has 6 heteroatoms. The molecule has 0 radical (unpaired) electrons. The molecule has 0 N–H and O–H groups in total. The summed E-state index contributed by atoms with van der Waals surface area (Å²) in [5.41, 5.74) is 1.78. The number of nitrogens with zero attached hydrogens (tertiary/aromatic N) is 1. The zero-order chi connectivity index (χ0) is 12.0. The fraction of sp³-hybridized carbons (Fsp3) is 0.182. The van der Waals surface area contributed by atoms with E-state index in [4.69, 9.17) is 12.2 Å². The van der Waals surface area contributed by atoms with E-state index in [-0.39, 0.29) is 11.5 Å². The van der Waals surface area contributed by atoms with Crippen molar-refractivity contribution >= 4 is 33.4 Å². The lowest BCUT2D eigenvalue weighted by Crippen LogP contribution is -2.02. The lowest BCUT2D eigenvalue weighted by molar-refractivity contribution is 0.597. The molecule has 0 spiro atoms. The topological polar surface area (TPSA) is 39.1 Å². The lowest BCUT2D eigenvalue weighted by Gasteiger charge is -2.05. The molecule has 0 bridgehead atoms. The highest BCUT2D eigenvalue weighted by atomic mass is 32.2. The van der Waals surface area contributed by atoms with E-state index in [1.54, 1.807) is 0 Å². The van der Waals surface area contributed by atoms with Crippen molar-refractivity contribution in [3.05, 3.63) is 44.9 Å². The van der Waals surface area contributed by atoms with Gasteiger partial charge in [0.2, 0.25) is 0 Å². The Kier molecular flexibility index (Phi) is 2.46. The molecule has 0 amide bonds. The largest absolute Gasteiger partial charge is 0.295 e. The highest BCUT2D eigenvalue weighted by Crippen LogP contribution is 2.33. The van der Waals surface area contributed by atoms with Crippen LogP contribution in [-0.2, 0) is 21.3 Å². The maximum Gasteiger partial charge on any atom is 0.166 e. The van der Waals surface area contributed by atoms with Crippen molar-refractivity contribution in [3.63, 3.8) is 0 Å². The molecule has 2 aromatic rings. The first-order valence-electron chi connectivity index (χ1n) is 5.06. The van der Waals surface area contributed by atoms with Crippen molar-refractivity contribution in [3.8, 4) is 5.69 Å². The number of hydrogen-bond donors (Lipinski definition) is 0. The minimum absolute atomic E-state index is 0.102. The third-order valence-electron chi connectivity index (χ3n) is 2.71. The molecule has 0 saturated heterocycles. The normalized spacial score (nSPS) is 16.9. The molecular formula is C11H9NO2S3. The van der Waals surface area contributed by atoms with Crippen molar-refractivity contribution in [2.45, 2.75) is 11.5 Å². The zero-order valence-corrected chi connectivity index (χ0v) is 11.2. The van der Waals surface area contributed by atoms with Crippen molar-refractivity contribution < 1.29 is 8.42 Å². The molecule has 1 aromatic heterocycles. The van der Waals surface area contributed by atoms with Crippen molar-refractivity contribution in [2.75, 3.05) is 0 Å². The number of sulfone groups is 1. The lowest BCUT2D eigenvalue weighted by atomic mass is 10.3. The van der Waals surface area contributed by atoms with Crippen LogP contribution in [0.3, 0.4) is 0 Å². The molecule has 2 heterocycles. The number of rotatable bonds is 1. The molecule has 1 aliphatic heterocycles. The molecule has 0 atom stereocenters. The Hall–Kier alpha value is -0.980.